The second-order valence-corrected chi connectivity index (χ2v) is 8.35. The first kappa shape index (κ1) is 18.2. The van der Waals surface area contributed by atoms with Gasteiger partial charge in [0.25, 0.3) is 0 Å². The summed E-state index contributed by atoms with van der Waals surface area (Å²) in [5.41, 5.74) is 0.464. The van der Waals surface area contributed by atoms with Crippen LogP contribution >= 0.6 is 11.6 Å². The van der Waals surface area contributed by atoms with Crippen molar-refractivity contribution in [3.8, 4) is 11.5 Å². The van der Waals surface area contributed by atoms with E-state index in [9.17, 15) is 13.2 Å². The molecule has 2 aliphatic heterocycles. The Kier molecular flexibility index (Phi) is 5.38. The van der Waals surface area contributed by atoms with Crippen LogP contribution in [-0.4, -0.2) is 75.7 Å². The van der Waals surface area contributed by atoms with E-state index in [1.807, 2.05) is 4.90 Å². The van der Waals surface area contributed by atoms with Crippen LogP contribution in [0.25, 0.3) is 0 Å². The third kappa shape index (κ3) is 4.55. The molecule has 0 aromatic heterocycles. The third-order valence-corrected chi connectivity index (χ3v) is 5.69. The van der Waals surface area contributed by atoms with Crippen molar-refractivity contribution in [2.24, 2.45) is 0 Å². The van der Waals surface area contributed by atoms with Crippen LogP contribution in [0.2, 0.25) is 5.02 Å². The lowest BCUT2D eigenvalue weighted by molar-refractivity contribution is -0.117. The molecule has 10 heteroatoms. The predicted molar refractivity (Wildman–Crippen MR) is 93.9 cm³/mol. The number of anilines is 1. The molecule has 0 saturated carbocycles. The molecule has 1 fully saturated rings. The van der Waals surface area contributed by atoms with Crippen molar-refractivity contribution in [2.45, 2.75) is 0 Å². The molecule has 1 amide bonds. The Labute approximate surface area is 151 Å². The smallest absolute Gasteiger partial charge is 0.238 e. The summed E-state index contributed by atoms with van der Waals surface area (Å²) < 4.78 is 35.3. The van der Waals surface area contributed by atoms with Gasteiger partial charge in [-0.05, 0) is 0 Å². The van der Waals surface area contributed by atoms with E-state index < -0.39 is 10.0 Å². The number of carbonyl (C=O) groups excluding carboxylic acids is 1. The number of carbonyl (C=O) groups is 1. The molecule has 1 aromatic rings. The zero-order chi connectivity index (χ0) is 18.0. The number of rotatable bonds is 4. The number of ether oxygens (including phenoxy) is 2. The molecule has 2 heterocycles. The second-order valence-electron chi connectivity index (χ2n) is 5.96. The van der Waals surface area contributed by atoms with E-state index in [0.29, 0.717) is 61.6 Å². The molecule has 8 nitrogen and oxygen atoms in total. The van der Waals surface area contributed by atoms with Gasteiger partial charge in [0, 0.05) is 38.3 Å². The average Bonchev–Trinajstić information content (AvgIpc) is 2.55. The predicted octanol–water partition coefficient (Wildman–Crippen LogP) is 0.627. The van der Waals surface area contributed by atoms with E-state index in [2.05, 4.69) is 5.32 Å². The summed E-state index contributed by atoms with van der Waals surface area (Å²) in [6.45, 7) is 2.88. The normalized spacial score (nSPS) is 18.8. The largest absolute Gasteiger partial charge is 0.486 e. The molecule has 0 aliphatic carbocycles. The average molecular weight is 390 g/mol. The van der Waals surface area contributed by atoms with Gasteiger partial charge in [0.1, 0.15) is 13.2 Å². The van der Waals surface area contributed by atoms with Crippen LogP contribution in [0, 0.1) is 0 Å². The van der Waals surface area contributed by atoms with E-state index in [0.717, 1.165) is 0 Å². The third-order valence-electron chi connectivity index (χ3n) is 4.07. The van der Waals surface area contributed by atoms with Crippen molar-refractivity contribution in [1.29, 1.82) is 0 Å². The molecule has 1 saturated heterocycles. The van der Waals surface area contributed by atoms with Crippen LogP contribution in [-0.2, 0) is 14.8 Å². The van der Waals surface area contributed by atoms with Crippen LogP contribution in [0.15, 0.2) is 12.1 Å². The maximum atomic E-state index is 12.3. The maximum absolute atomic E-state index is 12.3. The van der Waals surface area contributed by atoms with Gasteiger partial charge in [0.15, 0.2) is 11.5 Å². The number of nitrogens with one attached hydrogen (secondary N) is 1. The Morgan fingerprint density at radius 1 is 1.16 bits per heavy atom. The fourth-order valence-electron chi connectivity index (χ4n) is 2.77. The molecular formula is C15H20ClN3O5S. The van der Waals surface area contributed by atoms with Gasteiger partial charge in [0.2, 0.25) is 15.9 Å². The fourth-order valence-corrected chi connectivity index (χ4v) is 3.80. The maximum Gasteiger partial charge on any atom is 0.238 e. The summed E-state index contributed by atoms with van der Waals surface area (Å²) in [7, 11) is -3.18. The highest BCUT2D eigenvalue weighted by atomic mass is 35.5. The highest BCUT2D eigenvalue weighted by Crippen LogP contribution is 2.37. The van der Waals surface area contributed by atoms with Crippen LogP contribution in [0.3, 0.4) is 0 Å². The Hall–Kier alpha value is -1.55. The first-order chi connectivity index (χ1) is 11.8. The van der Waals surface area contributed by atoms with Gasteiger partial charge in [0.05, 0.1) is 23.5 Å². The standard InChI is InChI=1S/C15H20ClN3O5S/c1-25(21,22)19-4-2-18(3-5-19)10-15(20)17-12-9-14-13(8-11(12)16)23-6-7-24-14/h8-9H,2-7,10H2,1H3,(H,17,20). The van der Waals surface area contributed by atoms with Gasteiger partial charge in [-0.1, -0.05) is 11.6 Å². The van der Waals surface area contributed by atoms with E-state index >= 15 is 0 Å². The second kappa shape index (κ2) is 7.36. The SMILES string of the molecule is CS(=O)(=O)N1CCN(CC(=O)Nc2cc3c(cc2Cl)OCCO3)CC1. The molecule has 0 spiro atoms. The number of sulfonamides is 1. The number of benzene rings is 1. The van der Waals surface area contributed by atoms with Crippen LogP contribution < -0.4 is 14.8 Å². The van der Waals surface area contributed by atoms with Gasteiger partial charge in [-0.3, -0.25) is 9.69 Å². The molecular weight excluding hydrogens is 370 g/mol. The molecule has 1 N–H and O–H groups in total. The number of amides is 1. The number of nitrogens with zero attached hydrogens (tertiary/aromatic N) is 2. The van der Waals surface area contributed by atoms with Gasteiger partial charge in [-0.15, -0.1) is 0 Å². The molecule has 1 aromatic carbocycles. The van der Waals surface area contributed by atoms with E-state index in [1.165, 1.54) is 10.6 Å². The lowest BCUT2D eigenvalue weighted by Crippen LogP contribution is -2.50. The number of hydrogen-bond acceptors (Lipinski definition) is 6. The number of hydrogen-bond donors (Lipinski definition) is 1. The van der Waals surface area contributed by atoms with Crippen molar-refractivity contribution in [3.63, 3.8) is 0 Å². The molecule has 138 valence electrons. The molecule has 0 atom stereocenters. The molecule has 25 heavy (non-hydrogen) atoms. The van der Waals surface area contributed by atoms with E-state index in [4.69, 9.17) is 21.1 Å². The number of halogens is 1. The summed E-state index contributed by atoms with van der Waals surface area (Å²) in [6.07, 6.45) is 1.19. The molecule has 0 radical (unpaired) electrons. The van der Waals surface area contributed by atoms with Crippen molar-refractivity contribution < 1.29 is 22.7 Å². The van der Waals surface area contributed by atoms with Crippen molar-refractivity contribution in [1.82, 2.24) is 9.21 Å². The fraction of sp³-hybridized carbons (Fsp3) is 0.533. The summed E-state index contributed by atoms with van der Waals surface area (Å²) in [5, 5.41) is 3.14. The summed E-state index contributed by atoms with van der Waals surface area (Å²) in [5.74, 6) is 0.894. The zero-order valence-corrected chi connectivity index (χ0v) is 15.4. The van der Waals surface area contributed by atoms with Gasteiger partial charge >= 0.3 is 0 Å². The van der Waals surface area contributed by atoms with Gasteiger partial charge in [-0.2, -0.15) is 4.31 Å². The molecule has 3 rings (SSSR count). The van der Waals surface area contributed by atoms with Crippen LogP contribution in [0.5, 0.6) is 11.5 Å². The van der Waals surface area contributed by atoms with Crippen molar-refractivity contribution in [2.75, 3.05) is 57.5 Å². The molecule has 2 aliphatic rings. The Morgan fingerprint density at radius 2 is 1.76 bits per heavy atom. The minimum atomic E-state index is -3.18. The van der Waals surface area contributed by atoms with Gasteiger partial charge < -0.3 is 14.8 Å². The first-order valence-electron chi connectivity index (χ1n) is 7.89. The van der Waals surface area contributed by atoms with Gasteiger partial charge in [-0.25, -0.2) is 8.42 Å². The Morgan fingerprint density at radius 3 is 2.36 bits per heavy atom. The highest BCUT2D eigenvalue weighted by Gasteiger charge is 2.24. The Balaban J connectivity index is 1.57. The van der Waals surface area contributed by atoms with E-state index in [-0.39, 0.29) is 12.5 Å². The van der Waals surface area contributed by atoms with Crippen LogP contribution in [0.4, 0.5) is 5.69 Å². The number of piperazine rings is 1. The summed E-state index contributed by atoms with van der Waals surface area (Å²) >= 11 is 6.18. The lowest BCUT2D eigenvalue weighted by atomic mass is 10.2. The minimum Gasteiger partial charge on any atom is -0.486 e. The summed E-state index contributed by atoms with van der Waals surface area (Å²) in [6, 6.07) is 3.27. The lowest BCUT2D eigenvalue weighted by Gasteiger charge is -2.32. The highest BCUT2D eigenvalue weighted by molar-refractivity contribution is 7.88. The first-order valence-corrected chi connectivity index (χ1v) is 10.1. The zero-order valence-electron chi connectivity index (χ0n) is 13.8. The Bertz CT molecular complexity index is 763. The van der Waals surface area contributed by atoms with E-state index in [1.54, 1.807) is 12.1 Å². The van der Waals surface area contributed by atoms with Crippen molar-refractivity contribution >= 4 is 33.2 Å². The van der Waals surface area contributed by atoms with Crippen LogP contribution in [0.1, 0.15) is 0 Å². The minimum absolute atomic E-state index is 0.169. The molecule has 0 unspecified atom stereocenters. The molecule has 0 bridgehead atoms. The monoisotopic (exact) mass is 389 g/mol. The number of fused-ring (bicyclic) bond motifs is 1. The van der Waals surface area contributed by atoms with Crippen molar-refractivity contribution in [3.05, 3.63) is 17.2 Å². The summed E-state index contributed by atoms with van der Waals surface area (Å²) in [4.78, 5) is 14.2. The quantitative estimate of drug-likeness (QED) is 0.812. The topological polar surface area (TPSA) is 88.2 Å².